The molecule has 0 bridgehead atoms. The van der Waals surface area contributed by atoms with Gasteiger partial charge in [-0.2, -0.15) is 30.4 Å². The lowest BCUT2D eigenvalue weighted by Crippen LogP contribution is -2.51. The molecular formula is C6H9F5O4S. The van der Waals surface area contributed by atoms with Crippen molar-refractivity contribution in [2.24, 2.45) is 0 Å². The first-order valence-electron chi connectivity index (χ1n) is 3.97. The van der Waals surface area contributed by atoms with E-state index in [1.54, 1.807) is 0 Å². The minimum atomic E-state index is -6.19. The normalized spacial score (nSPS) is 16.2. The van der Waals surface area contributed by atoms with Crippen molar-refractivity contribution in [1.82, 2.24) is 0 Å². The summed E-state index contributed by atoms with van der Waals surface area (Å²) < 4.78 is 93.7. The highest BCUT2D eigenvalue weighted by atomic mass is 32.2. The maximum atomic E-state index is 12.7. The van der Waals surface area contributed by atoms with Gasteiger partial charge in [0.25, 0.3) is 0 Å². The van der Waals surface area contributed by atoms with E-state index in [1.807, 2.05) is 0 Å². The second kappa shape index (κ2) is 4.80. The van der Waals surface area contributed by atoms with Gasteiger partial charge in [-0.1, -0.05) is 6.92 Å². The smallest absolute Gasteiger partial charge is 0.362 e. The average Bonchev–Trinajstić information content (AvgIpc) is 1.99. The van der Waals surface area contributed by atoms with Crippen LogP contribution < -0.4 is 0 Å². The number of rotatable bonds is 5. The van der Waals surface area contributed by atoms with Crippen LogP contribution in [0.4, 0.5) is 22.0 Å². The van der Waals surface area contributed by atoms with Gasteiger partial charge in [-0.3, -0.25) is 4.55 Å². The Labute approximate surface area is 88.1 Å². The van der Waals surface area contributed by atoms with E-state index in [0.717, 1.165) is 0 Å². The molecule has 0 radical (unpaired) electrons. The molecule has 4 nitrogen and oxygen atoms in total. The van der Waals surface area contributed by atoms with E-state index in [9.17, 15) is 30.4 Å². The van der Waals surface area contributed by atoms with E-state index in [1.165, 1.54) is 6.92 Å². The molecule has 0 fully saturated rings. The fourth-order valence-corrected chi connectivity index (χ4v) is 1.23. The molecule has 0 aliphatic rings. The second-order valence-electron chi connectivity index (χ2n) is 2.83. The molecule has 0 aromatic carbocycles. The predicted octanol–water partition coefficient (Wildman–Crippen LogP) is 1.82. The van der Waals surface area contributed by atoms with E-state index in [0.29, 0.717) is 0 Å². The highest BCUT2D eigenvalue weighted by Crippen LogP contribution is 2.37. The van der Waals surface area contributed by atoms with Gasteiger partial charge in [0.15, 0.2) is 0 Å². The zero-order chi connectivity index (χ0) is 13.2. The van der Waals surface area contributed by atoms with Crippen LogP contribution in [0.25, 0.3) is 0 Å². The van der Waals surface area contributed by atoms with Crippen LogP contribution in [0, 0.1) is 0 Å². The standard InChI is InChI=1S/C6H9F5O4S/c1-2-3-15-4(5(7,8)9)6(10,11)16(12,13)14/h4H,2-3H2,1H3,(H,12,13,14). The van der Waals surface area contributed by atoms with E-state index < -0.39 is 34.3 Å². The van der Waals surface area contributed by atoms with Crippen molar-refractivity contribution in [2.45, 2.75) is 30.9 Å². The van der Waals surface area contributed by atoms with Crippen LogP contribution in [0.1, 0.15) is 13.3 Å². The van der Waals surface area contributed by atoms with Gasteiger partial charge in [-0.05, 0) is 6.42 Å². The van der Waals surface area contributed by atoms with Gasteiger partial charge in [0.05, 0.1) is 0 Å². The van der Waals surface area contributed by atoms with Crippen molar-refractivity contribution in [3.05, 3.63) is 0 Å². The van der Waals surface area contributed by atoms with Gasteiger partial charge in [0.1, 0.15) is 0 Å². The highest BCUT2D eigenvalue weighted by Gasteiger charge is 2.64. The minimum absolute atomic E-state index is 0.0197. The molecule has 1 atom stereocenters. The Balaban J connectivity index is 5.20. The number of alkyl halides is 5. The zero-order valence-corrected chi connectivity index (χ0v) is 8.78. The van der Waals surface area contributed by atoms with E-state index in [2.05, 4.69) is 4.74 Å². The number of hydrogen-bond donors (Lipinski definition) is 1. The molecule has 0 saturated heterocycles. The molecule has 10 heteroatoms. The van der Waals surface area contributed by atoms with Crippen molar-refractivity contribution in [3.8, 4) is 0 Å². The lowest BCUT2D eigenvalue weighted by atomic mass is 10.3. The summed E-state index contributed by atoms with van der Waals surface area (Å²) in [7, 11) is -6.19. The first kappa shape index (κ1) is 15.5. The molecular weight excluding hydrogens is 263 g/mol. The van der Waals surface area contributed by atoms with Crippen molar-refractivity contribution in [2.75, 3.05) is 6.61 Å². The number of halogens is 5. The van der Waals surface area contributed by atoms with Gasteiger partial charge in [0, 0.05) is 6.61 Å². The molecule has 1 N–H and O–H groups in total. The summed E-state index contributed by atoms with van der Waals surface area (Å²) in [6.07, 6.45) is -9.50. The SMILES string of the molecule is CCCOC(C(F)(F)F)C(F)(F)S(=O)(=O)O. The van der Waals surface area contributed by atoms with Gasteiger partial charge >= 0.3 is 21.5 Å². The van der Waals surface area contributed by atoms with Crippen LogP contribution in [-0.2, 0) is 14.9 Å². The Morgan fingerprint density at radius 3 is 1.94 bits per heavy atom. The number of hydrogen-bond acceptors (Lipinski definition) is 3. The molecule has 0 aromatic heterocycles. The first-order valence-corrected chi connectivity index (χ1v) is 5.41. The van der Waals surface area contributed by atoms with Crippen molar-refractivity contribution in [1.29, 1.82) is 0 Å². The largest absolute Gasteiger partial charge is 0.421 e. The topological polar surface area (TPSA) is 63.6 Å². The molecule has 0 spiro atoms. The summed E-state index contributed by atoms with van der Waals surface area (Å²) in [6, 6.07) is 0. The molecule has 0 saturated carbocycles. The molecule has 1 unspecified atom stereocenters. The summed E-state index contributed by atoms with van der Waals surface area (Å²) in [5.74, 6) is 0. The molecule has 0 aliphatic heterocycles. The van der Waals surface area contributed by atoms with Crippen LogP contribution in [-0.4, -0.2) is 37.1 Å². The second-order valence-corrected chi connectivity index (χ2v) is 4.32. The average molecular weight is 272 g/mol. The Bertz CT molecular complexity index is 322. The molecule has 0 amide bonds. The predicted molar refractivity (Wildman–Crippen MR) is 42.6 cm³/mol. The summed E-state index contributed by atoms with van der Waals surface area (Å²) in [5.41, 5.74) is 0. The van der Waals surface area contributed by atoms with Crippen molar-refractivity contribution < 1.29 is 39.7 Å². The van der Waals surface area contributed by atoms with Crippen LogP contribution in [0.3, 0.4) is 0 Å². The van der Waals surface area contributed by atoms with Gasteiger partial charge in [0.2, 0.25) is 6.10 Å². The van der Waals surface area contributed by atoms with E-state index in [4.69, 9.17) is 4.55 Å². The third-order valence-corrected chi connectivity index (χ3v) is 2.34. The molecule has 98 valence electrons. The monoisotopic (exact) mass is 272 g/mol. The first-order chi connectivity index (χ1) is 6.94. The summed E-state index contributed by atoms with van der Waals surface area (Å²) >= 11 is 0. The Kier molecular flexibility index (Phi) is 4.65. The molecule has 0 aliphatic carbocycles. The minimum Gasteiger partial charge on any atom is -0.362 e. The third-order valence-electron chi connectivity index (χ3n) is 1.44. The lowest BCUT2D eigenvalue weighted by Gasteiger charge is -2.26. The van der Waals surface area contributed by atoms with Crippen molar-refractivity contribution in [3.63, 3.8) is 0 Å². The van der Waals surface area contributed by atoms with Crippen LogP contribution in [0.15, 0.2) is 0 Å². The van der Waals surface area contributed by atoms with Crippen LogP contribution in [0.5, 0.6) is 0 Å². The Morgan fingerprint density at radius 1 is 1.25 bits per heavy atom. The Hall–Kier alpha value is -0.480. The summed E-state index contributed by atoms with van der Waals surface area (Å²) in [5, 5.41) is -5.43. The lowest BCUT2D eigenvalue weighted by molar-refractivity contribution is -0.264. The highest BCUT2D eigenvalue weighted by molar-refractivity contribution is 7.86. The number of ether oxygens (including phenoxy) is 1. The molecule has 0 rings (SSSR count). The van der Waals surface area contributed by atoms with Crippen LogP contribution in [0.2, 0.25) is 0 Å². The maximum Gasteiger partial charge on any atom is 0.421 e. The maximum absolute atomic E-state index is 12.7. The van der Waals surface area contributed by atoms with E-state index >= 15 is 0 Å². The van der Waals surface area contributed by atoms with Crippen molar-refractivity contribution >= 4 is 10.1 Å². The van der Waals surface area contributed by atoms with Gasteiger partial charge in [-0.15, -0.1) is 0 Å². The molecule has 0 aromatic rings. The van der Waals surface area contributed by atoms with Gasteiger partial charge < -0.3 is 4.74 Å². The van der Waals surface area contributed by atoms with E-state index in [-0.39, 0.29) is 6.42 Å². The molecule has 0 heterocycles. The zero-order valence-electron chi connectivity index (χ0n) is 7.96. The summed E-state index contributed by atoms with van der Waals surface area (Å²) in [6.45, 7) is 0.633. The third kappa shape index (κ3) is 3.52. The van der Waals surface area contributed by atoms with Crippen LogP contribution >= 0.6 is 0 Å². The summed E-state index contributed by atoms with van der Waals surface area (Å²) in [4.78, 5) is 0. The quantitative estimate of drug-likeness (QED) is 0.612. The molecule has 16 heavy (non-hydrogen) atoms. The van der Waals surface area contributed by atoms with Gasteiger partial charge in [-0.25, -0.2) is 0 Å². The fraction of sp³-hybridized carbons (Fsp3) is 1.00. The fourth-order valence-electron chi connectivity index (χ4n) is 0.753. The Morgan fingerprint density at radius 2 is 1.69 bits per heavy atom.